The number of carboxylic acid groups (broad SMARTS) is 1. The normalized spacial score (nSPS) is 12.6. The summed E-state index contributed by atoms with van der Waals surface area (Å²) < 4.78 is 0. The zero-order chi connectivity index (χ0) is 14.3. The molecular formula is C15H23NO3. The van der Waals surface area contributed by atoms with Crippen LogP contribution in [0.25, 0.3) is 0 Å². The number of benzene rings is 1. The van der Waals surface area contributed by atoms with E-state index < -0.39 is 5.97 Å². The lowest BCUT2D eigenvalue weighted by atomic mass is 10.0. The molecular weight excluding hydrogens is 242 g/mol. The van der Waals surface area contributed by atoms with Gasteiger partial charge in [-0.05, 0) is 50.4 Å². The molecule has 0 spiro atoms. The largest absolute Gasteiger partial charge is 0.508 e. The SMILES string of the molecule is CCCN(CC(=O)O)C(C)CCc1ccc(O)cc1. The van der Waals surface area contributed by atoms with Gasteiger partial charge in [0.2, 0.25) is 0 Å². The van der Waals surface area contributed by atoms with Gasteiger partial charge in [-0.2, -0.15) is 0 Å². The second-order valence-corrected chi connectivity index (χ2v) is 4.92. The first-order valence-corrected chi connectivity index (χ1v) is 6.76. The molecule has 0 aliphatic rings. The maximum absolute atomic E-state index is 10.8. The molecule has 106 valence electrons. The molecule has 1 aromatic rings. The molecule has 0 heterocycles. The summed E-state index contributed by atoms with van der Waals surface area (Å²) in [5.41, 5.74) is 1.16. The van der Waals surface area contributed by atoms with Crippen LogP contribution < -0.4 is 0 Å². The van der Waals surface area contributed by atoms with Crippen LogP contribution >= 0.6 is 0 Å². The van der Waals surface area contributed by atoms with Crippen LogP contribution in [0, 0.1) is 0 Å². The lowest BCUT2D eigenvalue weighted by Gasteiger charge is -2.27. The van der Waals surface area contributed by atoms with Crippen LogP contribution in [0.4, 0.5) is 0 Å². The average molecular weight is 265 g/mol. The first kappa shape index (κ1) is 15.5. The standard InChI is InChI=1S/C15H23NO3/c1-3-10-16(11-15(18)19)12(2)4-5-13-6-8-14(17)9-7-13/h6-9,12,17H,3-5,10-11H2,1-2H3,(H,18,19). The summed E-state index contributed by atoms with van der Waals surface area (Å²) in [6, 6.07) is 7.42. The van der Waals surface area contributed by atoms with Crippen molar-refractivity contribution in [3.05, 3.63) is 29.8 Å². The van der Waals surface area contributed by atoms with Crippen molar-refractivity contribution in [3.63, 3.8) is 0 Å². The molecule has 0 aromatic heterocycles. The third kappa shape index (κ3) is 5.75. The Kier molecular flexibility index (Phi) is 6.36. The molecule has 0 aliphatic heterocycles. The van der Waals surface area contributed by atoms with Crippen molar-refractivity contribution in [1.82, 2.24) is 4.90 Å². The lowest BCUT2D eigenvalue weighted by Crippen LogP contribution is -2.38. The highest BCUT2D eigenvalue weighted by Crippen LogP contribution is 2.14. The summed E-state index contributed by atoms with van der Waals surface area (Å²) in [5.74, 6) is -0.500. The lowest BCUT2D eigenvalue weighted by molar-refractivity contribution is -0.138. The van der Waals surface area contributed by atoms with E-state index in [2.05, 4.69) is 13.8 Å². The quantitative estimate of drug-likeness (QED) is 0.758. The zero-order valence-electron chi connectivity index (χ0n) is 11.7. The Morgan fingerprint density at radius 2 is 1.95 bits per heavy atom. The minimum absolute atomic E-state index is 0.102. The van der Waals surface area contributed by atoms with Crippen LogP contribution in [0.3, 0.4) is 0 Å². The molecule has 19 heavy (non-hydrogen) atoms. The van der Waals surface area contributed by atoms with Gasteiger partial charge in [0.25, 0.3) is 0 Å². The second-order valence-electron chi connectivity index (χ2n) is 4.92. The molecule has 0 amide bonds. The van der Waals surface area contributed by atoms with Crippen molar-refractivity contribution in [1.29, 1.82) is 0 Å². The summed E-state index contributed by atoms with van der Waals surface area (Å²) in [6.45, 7) is 5.04. The molecule has 1 rings (SSSR count). The zero-order valence-corrected chi connectivity index (χ0v) is 11.7. The molecule has 0 fully saturated rings. The number of phenols is 1. The van der Waals surface area contributed by atoms with Crippen LogP contribution in [-0.2, 0) is 11.2 Å². The van der Waals surface area contributed by atoms with Crippen LogP contribution in [-0.4, -0.2) is 40.2 Å². The van der Waals surface area contributed by atoms with E-state index in [1.807, 2.05) is 17.0 Å². The van der Waals surface area contributed by atoms with E-state index in [1.165, 1.54) is 0 Å². The number of phenolic OH excluding ortho intramolecular Hbond substituents is 1. The summed E-state index contributed by atoms with van der Waals surface area (Å²) in [4.78, 5) is 12.8. The Labute approximate surface area is 114 Å². The first-order chi connectivity index (χ1) is 9.02. The van der Waals surface area contributed by atoms with Gasteiger partial charge in [-0.1, -0.05) is 19.1 Å². The third-order valence-corrected chi connectivity index (χ3v) is 3.26. The number of hydrogen-bond donors (Lipinski definition) is 2. The van der Waals surface area contributed by atoms with Crippen molar-refractivity contribution in [2.75, 3.05) is 13.1 Å². The second kappa shape index (κ2) is 7.79. The maximum Gasteiger partial charge on any atom is 0.317 e. The molecule has 4 nitrogen and oxygen atoms in total. The van der Waals surface area contributed by atoms with Gasteiger partial charge in [-0.15, -0.1) is 0 Å². The van der Waals surface area contributed by atoms with Gasteiger partial charge in [0.1, 0.15) is 5.75 Å². The van der Waals surface area contributed by atoms with Crippen LogP contribution in [0.15, 0.2) is 24.3 Å². The van der Waals surface area contributed by atoms with E-state index in [1.54, 1.807) is 12.1 Å². The Balaban J connectivity index is 2.49. The minimum Gasteiger partial charge on any atom is -0.508 e. The predicted molar refractivity (Wildman–Crippen MR) is 75.4 cm³/mol. The van der Waals surface area contributed by atoms with Crippen molar-refractivity contribution < 1.29 is 15.0 Å². The number of carboxylic acids is 1. The molecule has 1 unspecified atom stereocenters. The van der Waals surface area contributed by atoms with Crippen molar-refractivity contribution in [2.24, 2.45) is 0 Å². The highest BCUT2D eigenvalue weighted by molar-refractivity contribution is 5.69. The van der Waals surface area contributed by atoms with Crippen LogP contribution in [0.2, 0.25) is 0 Å². The third-order valence-electron chi connectivity index (χ3n) is 3.26. The fraction of sp³-hybridized carbons (Fsp3) is 0.533. The van der Waals surface area contributed by atoms with Crippen LogP contribution in [0.5, 0.6) is 5.75 Å². The monoisotopic (exact) mass is 265 g/mol. The smallest absolute Gasteiger partial charge is 0.317 e. The van der Waals surface area contributed by atoms with E-state index in [0.717, 1.165) is 31.4 Å². The summed E-state index contributed by atoms with van der Waals surface area (Å²) in [5, 5.41) is 18.1. The van der Waals surface area contributed by atoms with E-state index in [4.69, 9.17) is 5.11 Å². The fourth-order valence-corrected chi connectivity index (χ4v) is 2.14. The molecule has 0 radical (unpaired) electrons. The van der Waals surface area contributed by atoms with Crippen molar-refractivity contribution >= 4 is 5.97 Å². The molecule has 2 N–H and O–H groups in total. The minimum atomic E-state index is -0.773. The highest BCUT2D eigenvalue weighted by atomic mass is 16.4. The number of aryl methyl sites for hydroxylation is 1. The average Bonchev–Trinajstić information content (AvgIpc) is 2.37. The molecule has 1 atom stereocenters. The van der Waals surface area contributed by atoms with Gasteiger partial charge in [0.15, 0.2) is 0 Å². The number of aliphatic carboxylic acids is 1. The fourth-order valence-electron chi connectivity index (χ4n) is 2.14. The van der Waals surface area contributed by atoms with Gasteiger partial charge in [-0.25, -0.2) is 0 Å². The summed E-state index contributed by atoms with van der Waals surface area (Å²) in [6.07, 6.45) is 2.76. The Hall–Kier alpha value is -1.55. The first-order valence-electron chi connectivity index (χ1n) is 6.76. The number of nitrogens with zero attached hydrogens (tertiary/aromatic N) is 1. The van der Waals surface area contributed by atoms with Gasteiger partial charge >= 0.3 is 5.97 Å². The number of hydrogen-bond acceptors (Lipinski definition) is 3. The molecule has 1 aromatic carbocycles. The summed E-state index contributed by atoms with van der Waals surface area (Å²) >= 11 is 0. The molecule has 0 saturated carbocycles. The van der Waals surface area contributed by atoms with E-state index >= 15 is 0 Å². The number of aromatic hydroxyl groups is 1. The maximum atomic E-state index is 10.8. The number of rotatable bonds is 8. The van der Waals surface area contributed by atoms with Gasteiger partial charge in [-0.3, -0.25) is 9.69 Å². The molecule has 0 aliphatic carbocycles. The Morgan fingerprint density at radius 1 is 1.32 bits per heavy atom. The summed E-state index contributed by atoms with van der Waals surface area (Å²) in [7, 11) is 0. The van der Waals surface area contributed by atoms with E-state index in [9.17, 15) is 9.90 Å². The molecule has 0 saturated heterocycles. The Bertz CT molecular complexity index is 389. The van der Waals surface area contributed by atoms with Crippen LogP contribution in [0.1, 0.15) is 32.3 Å². The van der Waals surface area contributed by atoms with Gasteiger partial charge in [0, 0.05) is 6.04 Å². The highest BCUT2D eigenvalue weighted by Gasteiger charge is 2.15. The predicted octanol–water partition coefficient (Wildman–Crippen LogP) is 2.51. The van der Waals surface area contributed by atoms with E-state index in [0.29, 0.717) is 0 Å². The topological polar surface area (TPSA) is 60.8 Å². The van der Waals surface area contributed by atoms with Crippen molar-refractivity contribution in [2.45, 2.75) is 39.2 Å². The van der Waals surface area contributed by atoms with Gasteiger partial charge < -0.3 is 10.2 Å². The van der Waals surface area contributed by atoms with Crippen molar-refractivity contribution in [3.8, 4) is 5.75 Å². The van der Waals surface area contributed by atoms with Gasteiger partial charge in [0.05, 0.1) is 6.54 Å². The number of carbonyl (C=O) groups is 1. The van der Waals surface area contributed by atoms with E-state index in [-0.39, 0.29) is 18.3 Å². The molecule has 0 bridgehead atoms. The molecule has 4 heteroatoms. The Morgan fingerprint density at radius 3 is 2.47 bits per heavy atom.